The number of phenols is 2. The minimum absolute atomic E-state index is 0.169. The van der Waals surface area contributed by atoms with Gasteiger partial charge < -0.3 is 35.2 Å². The maximum atomic E-state index is 12.5. The first-order chi connectivity index (χ1) is 19.1. The Morgan fingerprint density at radius 3 is 2.50 bits per heavy atom. The molecule has 1 fully saturated rings. The van der Waals surface area contributed by atoms with Crippen LogP contribution in [0.4, 0.5) is 5.69 Å². The maximum Gasteiger partial charge on any atom is 0.222 e. The van der Waals surface area contributed by atoms with E-state index in [1.807, 2.05) is 15.5 Å². The lowest BCUT2D eigenvalue weighted by Crippen LogP contribution is -2.48. The second kappa shape index (κ2) is 13.0. The molecule has 0 spiro atoms. The van der Waals surface area contributed by atoms with Gasteiger partial charge in [-0.3, -0.25) is 9.36 Å². The Hall–Kier alpha value is -3.15. The molecule has 0 radical (unpaired) electrons. The largest absolute Gasteiger partial charge is 0.504 e. The molecule has 0 unspecified atom stereocenters. The summed E-state index contributed by atoms with van der Waals surface area (Å²) in [7, 11) is 0.758. The molecule has 1 saturated heterocycles. The molecule has 1 amide bonds. The van der Waals surface area contributed by atoms with Crippen molar-refractivity contribution in [3.63, 3.8) is 0 Å². The van der Waals surface area contributed by atoms with Gasteiger partial charge in [0.15, 0.2) is 11.5 Å². The molecule has 2 aromatic carbocycles. The lowest BCUT2D eigenvalue weighted by Gasteiger charge is -2.36. The Bertz CT molecular complexity index is 1310. The van der Waals surface area contributed by atoms with Crippen LogP contribution in [0.25, 0.3) is 22.4 Å². The average Bonchev–Trinajstić information content (AvgIpc) is 3.30. The molecule has 40 heavy (non-hydrogen) atoms. The molecule has 11 heteroatoms. The van der Waals surface area contributed by atoms with E-state index in [1.54, 1.807) is 6.07 Å². The van der Waals surface area contributed by atoms with Crippen molar-refractivity contribution in [3.8, 4) is 28.6 Å². The first kappa shape index (κ1) is 29.8. The summed E-state index contributed by atoms with van der Waals surface area (Å²) < 4.78 is 13.4. The number of fused-ring (bicyclic) bond motifs is 1. The Morgan fingerprint density at radius 2 is 1.82 bits per heavy atom. The van der Waals surface area contributed by atoms with Gasteiger partial charge in [0.25, 0.3) is 0 Å². The van der Waals surface area contributed by atoms with Crippen LogP contribution in [0.5, 0.6) is 17.2 Å². The minimum atomic E-state index is -0.685. The molecular weight excluding hydrogens is 530 g/mol. The van der Waals surface area contributed by atoms with Crippen molar-refractivity contribution in [1.82, 2.24) is 14.5 Å². The molecule has 0 aliphatic carbocycles. The third-order valence-electron chi connectivity index (χ3n) is 7.17. The van der Waals surface area contributed by atoms with Crippen molar-refractivity contribution >= 4 is 32.7 Å². The summed E-state index contributed by atoms with van der Waals surface area (Å²) in [6.07, 6.45) is 9.06. The number of benzene rings is 2. The molecule has 10 nitrogen and oxygen atoms in total. The predicted molar refractivity (Wildman–Crippen MR) is 163 cm³/mol. The number of piperazine rings is 1. The number of rotatable bonds is 12. The molecule has 3 aromatic rings. The number of carbonyl (C=O) groups excluding carboxylic acids is 1. The van der Waals surface area contributed by atoms with E-state index < -0.39 is 10.0 Å². The summed E-state index contributed by atoms with van der Waals surface area (Å²) >= 11 is 0. The Labute approximate surface area is 238 Å². The Kier molecular flexibility index (Phi) is 9.70. The van der Waals surface area contributed by atoms with Crippen LogP contribution in [0.3, 0.4) is 0 Å². The second-order valence-electron chi connectivity index (χ2n) is 11.0. The summed E-state index contributed by atoms with van der Waals surface area (Å²) in [4.78, 5) is 21.7. The number of methoxy groups -OCH3 is 1. The zero-order valence-electron chi connectivity index (χ0n) is 24.1. The van der Waals surface area contributed by atoms with Gasteiger partial charge >= 0.3 is 0 Å². The number of carbonyl (C=O) groups is 1. The van der Waals surface area contributed by atoms with Gasteiger partial charge in [-0.2, -0.15) is 0 Å². The van der Waals surface area contributed by atoms with Gasteiger partial charge in [0, 0.05) is 49.6 Å². The van der Waals surface area contributed by atoms with Gasteiger partial charge in [0.2, 0.25) is 11.7 Å². The fourth-order valence-corrected chi connectivity index (χ4v) is 5.42. The molecule has 0 bridgehead atoms. The summed E-state index contributed by atoms with van der Waals surface area (Å²) in [6.45, 7) is 4.44. The van der Waals surface area contributed by atoms with E-state index in [0.717, 1.165) is 48.4 Å². The number of amides is 1. The molecule has 1 aromatic heterocycles. The van der Waals surface area contributed by atoms with Crippen LogP contribution in [0.15, 0.2) is 30.3 Å². The normalized spacial score (nSPS) is 14.6. The number of hydrogen-bond acceptors (Lipinski definition) is 8. The highest BCUT2D eigenvalue weighted by molar-refractivity contribution is 8.32. The lowest BCUT2D eigenvalue weighted by molar-refractivity contribution is -0.131. The van der Waals surface area contributed by atoms with E-state index in [9.17, 15) is 15.0 Å². The van der Waals surface area contributed by atoms with Crippen molar-refractivity contribution < 1.29 is 24.5 Å². The number of hydrogen-bond donors (Lipinski definition) is 3. The Balaban J connectivity index is 1.58. The SMILES string of the molecule is COc1cc(-c2nc3cc(N4CCN(C(=O)CCCCN)CC4)ccc3n2COCCS(C)(C)C)cc(O)c1O. The fraction of sp³-hybridized carbons (Fsp3) is 0.517. The molecule has 2 heterocycles. The highest BCUT2D eigenvalue weighted by Gasteiger charge is 2.23. The van der Waals surface area contributed by atoms with Crippen LogP contribution >= 0.6 is 10.0 Å². The average molecular weight is 574 g/mol. The number of nitrogens with two attached hydrogens (primary N) is 1. The van der Waals surface area contributed by atoms with E-state index in [-0.39, 0.29) is 23.2 Å². The van der Waals surface area contributed by atoms with Gasteiger partial charge in [-0.05, 0) is 68.5 Å². The van der Waals surface area contributed by atoms with Gasteiger partial charge in [-0.15, -0.1) is 0 Å². The van der Waals surface area contributed by atoms with E-state index in [2.05, 4.69) is 35.8 Å². The number of imidazole rings is 1. The number of anilines is 1. The first-order valence-corrected chi connectivity index (χ1v) is 16.7. The smallest absolute Gasteiger partial charge is 0.222 e. The minimum Gasteiger partial charge on any atom is -0.504 e. The Morgan fingerprint density at radius 1 is 1.07 bits per heavy atom. The van der Waals surface area contributed by atoms with Crippen molar-refractivity contribution in [3.05, 3.63) is 30.3 Å². The second-order valence-corrected chi connectivity index (χ2v) is 15.6. The molecular formula is C29H43N5O5S. The highest BCUT2D eigenvalue weighted by atomic mass is 32.3. The van der Waals surface area contributed by atoms with Crippen LogP contribution in [0.1, 0.15) is 19.3 Å². The maximum absolute atomic E-state index is 12.5. The topological polar surface area (TPSA) is 126 Å². The monoisotopic (exact) mass is 573 g/mol. The van der Waals surface area contributed by atoms with Crippen LogP contribution in [0, 0.1) is 0 Å². The summed E-state index contributed by atoms with van der Waals surface area (Å²) in [5.41, 5.74) is 8.91. The van der Waals surface area contributed by atoms with Gasteiger partial charge in [0.1, 0.15) is 12.6 Å². The van der Waals surface area contributed by atoms with Crippen molar-refractivity contribution in [2.75, 3.05) is 75.9 Å². The lowest BCUT2D eigenvalue weighted by atomic mass is 10.1. The molecule has 1 aliphatic heterocycles. The standard InChI is InChI=1S/C29H43N5O5S/c1-38-26-18-21(17-25(35)28(26)37)29-31-23-19-22(8-9-24(23)34(29)20-39-15-16-40(2,3)4)32-11-13-33(14-12-32)27(36)7-5-6-10-30/h8-9,17-19,35,37H,5-7,10-16,20,30H2,1-4H3. The van der Waals surface area contributed by atoms with Crippen molar-refractivity contribution in [1.29, 1.82) is 0 Å². The molecule has 0 saturated carbocycles. The number of aromatic hydroxyl groups is 2. The zero-order valence-corrected chi connectivity index (χ0v) is 24.9. The van der Waals surface area contributed by atoms with E-state index in [1.165, 1.54) is 13.2 Å². The quantitative estimate of drug-likeness (QED) is 0.222. The molecule has 4 N–H and O–H groups in total. The number of ether oxygens (including phenoxy) is 2. The highest BCUT2D eigenvalue weighted by Crippen LogP contribution is 2.40. The third kappa shape index (κ3) is 7.13. The predicted octanol–water partition coefficient (Wildman–Crippen LogP) is 3.57. The van der Waals surface area contributed by atoms with E-state index in [0.29, 0.717) is 50.8 Å². The van der Waals surface area contributed by atoms with Gasteiger partial charge in [0.05, 0.1) is 24.8 Å². The number of nitrogens with zero attached hydrogens (tertiary/aromatic N) is 4. The summed E-state index contributed by atoms with van der Waals surface area (Å²) in [5.74, 6) is 1.39. The zero-order chi connectivity index (χ0) is 28.9. The van der Waals surface area contributed by atoms with Crippen LogP contribution in [0.2, 0.25) is 0 Å². The third-order valence-corrected chi connectivity index (χ3v) is 8.56. The summed E-state index contributed by atoms with van der Waals surface area (Å²) in [6, 6.07) is 9.33. The molecule has 0 atom stereocenters. The molecule has 4 rings (SSSR count). The van der Waals surface area contributed by atoms with Crippen molar-refractivity contribution in [2.45, 2.75) is 26.0 Å². The van der Waals surface area contributed by atoms with Crippen LogP contribution in [-0.4, -0.2) is 102 Å². The van der Waals surface area contributed by atoms with Gasteiger partial charge in [-0.1, -0.05) is 0 Å². The van der Waals surface area contributed by atoms with E-state index >= 15 is 0 Å². The van der Waals surface area contributed by atoms with Crippen LogP contribution in [-0.2, 0) is 16.3 Å². The molecule has 1 aliphatic rings. The van der Waals surface area contributed by atoms with Gasteiger partial charge in [-0.25, -0.2) is 15.0 Å². The first-order valence-electron chi connectivity index (χ1n) is 13.7. The molecule has 220 valence electrons. The fourth-order valence-electron chi connectivity index (χ4n) is 4.80. The number of aromatic nitrogens is 2. The van der Waals surface area contributed by atoms with Crippen LogP contribution < -0.4 is 15.4 Å². The van der Waals surface area contributed by atoms with Crippen molar-refractivity contribution in [2.24, 2.45) is 5.73 Å². The number of unbranched alkanes of at least 4 members (excludes halogenated alkanes) is 1. The number of phenolic OH excluding ortho intramolecular Hbond substituents is 2. The van der Waals surface area contributed by atoms with E-state index in [4.69, 9.17) is 20.2 Å². The summed E-state index contributed by atoms with van der Waals surface area (Å²) in [5, 5.41) is 20.5.